The Hall–Kier alpha value is -2.67. The fourth-order valence-electron chi connectivity index (χ4n) is 4.74. The lowest BCUT2D eigenvalue weighted by molar-refractivity contribution is -0.135. The van der Waals surface area contributed by atoms with Crippen LogP contribution >= 0.6 is 0 Å². The number of rotatable bonds is 6. The predicted octanol–water partition coefficient (Wildman–Crippen LogP) is 4.64. The van der Waals surface area contributed by atoms with Gasteiger partial charge in [0.1, 0.15) is 17.8 Å². The predicted molar refractivity (Wildman–Crippen MR) is 113 cm³/mol. The molecule has 164 valence electrons. The Balaban J connectivity index is 1.66. The highest BCUT2D eigenvalue weighted by atomic mass is 19.1. The van der Waals surface area contributed by atoms with E-state index >= 15 is 0 Å². The van der Waals surface area contributed by atoms with Crippen LogP contribution in [0.2, 0.25) is 0 Å². The van der Waals surface area contributed by atoms with Crippen LogP contribution < -0.4 is 0 Å². The van der Waals surface area contributed by atoms with Gasteiger partial charge in [0, 0.05) is 32.0 Å². The monoisotopic (exact) mass is 429 g/mol. The van der Waals surface area contributed by atoms with Crippen molar-refractivity contribution in [1.82, 2.24) is 9.91 Å². The highest BCUT2D eigenvalue weighted by Gasteiger charge is 2.46. The largest absolute Gasteiger partial charge is 0.300 e. The first-order valence-corrected chi connectivity index (χ1v) is 10.6. The summed E-state index contributed by atoms with van der Waals surface area (Å²) in [4.78, 5) is 14.7. The molecular weight excluding hydrogens is 403 g/mol. The molecule has 2 atom stereocenters. The zero-order chi connectivity index (χ0) is 22.0. The number of carbonyl (C=O) groups is 1. The van der Waals surface area contributed by atoms with E-state index in [4.69, 9.17) is 0 Å². The number of hydrogen-bond donors (Lipinski definition) is 0. The normalized spacial score (nSPS) is 23.9. The van der Waals surface area contributed by atoms with Gasteiger partial charge in [0.15, 0.2) is 0 Å². The quantitative estimate of drug-likeness (QED) is 0.671. The summed E-state index contributed by atoms with van der Waals surface area (Å²) in [6, 6.07) is 12.8. The number of hydrogen-bond acceptors (Lipinski definition) is 3. The maximum atomic E-state index is 14.5. The minimum atomic E-state index is -0.796. The molecule has 0 saturated carbocycles. The Morgan fingerprint density at radius 1 is 1.19 bits per heavy atom. The number of benzene rings is 2. The van der Waals surface area contributed by atoms with Crippen molar-refractivity contribution in [2.45, 2.75) is 44.3 Å². The van der Waals surface area contributed by atoms with Crippen LogP contribution in [0.15, 0.2) is 53.6 Å². The summed E-state index contributed by atoms with van der Waals surface area (Å²) in [5, 5.41) is 5.89. The highest BCUT2D eigenvalue weighted by Crippen LogP contribution is 2.43. The molecule has 0 aliphatic carbocycles. The van der Waals surface area contributed by atoms with Crippen LogP contribution in [-0.4, -0.2) is 47.3 Å². The Morgan fingerprint density at radius 3 is 2.65 bits per heavy atom. The average molecular weight is 429 g/mol. The Labute approximate surface area is 180 Å². The van der Waals surface area contributed by atoms with Crippen molar-refractivity contribution in [3.05, 3.63) is 71.3 Å². The number of halogens is 3. The van der Waals surface area contributed by atoms with Crippen molar-refractivity contribution >= 4 is 11.6 Å². The van der Waals surface area contributed by atoms with Crippen LogP contribution in [0.3, 0.4) is 0 Å². The summed E-state index contributed by atoms with van der Waals surface area (Å²) in [5.41, 5.74) is 0.520. The number of alkyl halides is 1. The minimum Gasteiger partial charge on any atom is -0.300 e. The second kappa shape index (κ2) is 8.83. The van der Waals surface area contributed by atoms with Crippen molar-refractivity contribution in [2.75, 3.05) is 19.6 Å². The van der Waals surface area contributed by atoms with Gasteiger partial charge in [-0.1, -0.05) is 30.3 Å². The molecule has 4 rings (SSSR count). The van der Waals surface area contributed by atoms with Crippen LogP contribution in [0, 0.1) is 11.6 Å². The van der Waals surface area contributed by atoms with E-state index in [0.717, 1.165) is 36.7 Å². The number of hydrazone groups is 1. The molecule has 1 fully saturated rings. The van der Waals surface area contributed by atoms with E-state index in [1.165, 1.54) is 11.9 Å². The summed E-state index contributed by atoms with van der Waals surface area (Å²) < 4.78 is 41.9. The Kier molecular flexibility index (Phi) is 6.14. The van der Waals surface area contributed by atoms with E-state index in [0.29, 0.717) is 31.6 Å². The third-order valence-electron chi connectivity index (χ3n) is 6.21. The molecule has 0 bridgehead atoms. The summed E-state index contributed by atoms with van der Waals surface area (Å²) in [7, 11) is 0. The lowest BCUT2D eigenvalue weighted by atomic mass is 9.80. The molecule has 1 saturated heterocycles. The summed E-state index contributed by atoms with van der Waals surface area (Å²) >= 11 is 0. The van der Waals surface area contributed by atoms with Crippen LogP contribution in [0.1, 0.15) is 43.7 Å². The highest BCUT2D eigenvalue weighted by molar-refractivity contribution is 6.03. The SMILES string of the molecule is CC(=O)N1N=C(c2cc(F)ccc2F)C[C@@]1(CCCN1CC[C@@H](F)C1)c1ccccc1. The summed E-state index contributed by atoms with van der Waals surface area (Å²) in [6.45, 7) is 3.31. The van der Waals surface area contributed by atoms with Crippen LogP contribution in [0.5, 0.6) is 0 Å². The van der Waals surface area contributed by atoms with Crippen molar-refractivity contribution in [3.63, 3.8) is 0 Å². The molecule has 0 unspecified atom stereocenters. The lowest BCUT2D eigenvalue weighted by Crippen LogP contribution is -2.43. The zero-order valence-corrected chi connectivity index (χ0v) is 17.5. The van der Waals surface area contributed by atoms with Gasteiger partial charge in [-0.2, -0.15) is 5.10 Å². The van der Waals surface area contributed by atoms with Crippen molar-refractivity contribution < 1.29 is 18.0 Å². The Morgan fingerprint density at radius 2 is 1.97 bits per heavy atom. The third-order valence-corrected chi connectivity index (χ3v) is 6.21. The minimum absolute atomic E-state index is 0.0730. The van der Waals surface area contributed by atoms with E-state index in [1.54, 1.807) is 0 Å². The average Bonchev–Trinajstić information content (AvgIpc) is 3.35. The Bertz CT molecular complexity index is 981. The molecule has 2 aliphatic rings. The van der Waals surface area contributed by atoms with Gasteiger partial charge in [-0.15, -0.1) is 0 Å². The molecule has 2 heterocycles. The van der Waals surface area contributed by atoms with E-state index in [9.17, 15) is 18.0 Å². The van der Waals surface area contributed by atoms with Crippen LogP contribution in [-0.2, 0) is 10.3 Å². The van der Waals surface area contributed by atoms with Gasteiger partial charge in [0.2, 0.25) is 5.91 Å². The summed E-state index contributed by atoms with van der Waals surface area (Å²) in [6.07, 6.45) is 1.35. The first-order chi connectivity index (χ1) is 14.9. The second-order valence-electron chi connectivity index (χ2n) is 8.37. The number of amides is 1. The number of nitrogens with zero attached hydrogens (tertiary/aromatic N) is 3. The van der Waals surface area contributed by atoms with Crippen molar-refractivity contribution in [2.24, 2.45) is 5.10 Å². The van der Waals surface area contributed by atoms with E-state index in [-0.39, 0.29) is 17.9 Å². The molecule has 7 heteroatoms. The third kappa shape index (κ3) is 4.37. The molecule has 1 amide bonds. The fraction of sp³-hybridized carbons (Fsp3) is 0.417. The standard InChI is InChI=1S/C24H26F3N3O/c1-17(31)30-24(18-6-3-2-4-7-18,11-5-12-29-13-10-20(26)16-29)15-23(28-30)21-14-19(25)8-9-22(21)27/h2-4,6-9,14,20H,5,10-13,15-16H2,1H3/t20-,24+/m1/s1. The van der Waals surface area contributed by atoms with Gasteiger partial charge in [0.25, 0.3) is 0 Å². The molecule has 4 nitrogen and oxygen atoms in total. The molecule has 2 aliphatic heterocycles. The van der Waals surface area contributed by atoms with Gasteiger partial charge >= 0.3 is 0 Å². The molecule has 2 aromatic rings. The van der Waals surface area contributed by atoms with Gasteiger partial charge in [-0.3, -0.25) is 4.79 Å². The second-order valence-corrected chi connectivity index (χ2v) is 8.37. The summed E-state index contributed by atoms with van der Waals surface area (Å²) in [5.74, 6) is -1.39. The topological polar surface area (TPSA) is 35.9 Å². The maximum Gasteiger partial charge on any atom is 0.240 e. The van der Waals surface area contributed by atoms with Gasteiger partial charge < -0.3 is 4.90 Å². The molecule has 2 aromatic carbocycles. The molecule has 0 aromatic heterocycles. The first kappa shape index (κ1) is 21.6. The molecule has 0 N–H and O–H groups in total. The molecule has 0 spiro atoms. The van der Waals surface area contributed by atoms with E-state index < -0.39 is 23.3 Å². The van der Waals surface area contributed by atoms with Crippen molar-refractivity contribution in [1.29, 1.82) is 0 Å². The van der Waals surface area contributed by atoms with Crippen LogP contribution in [0.25, 0.3) is 0 Å². The first-order valence-electron chi connectivity index (χ1n) is 10.6. The smallest absolute Gasteiger partial charge is 0.240 e. The van der Waals surface area contributed by atoms with Crippen molar-refractivity contribution in [3.8, 4) is 0 Å². The number of carbonyl (C=O) groups excluding carboxylic acids is 1. The molecule has 31 heavy (non-hydrogen) atoms. The lowest BCUT2D eigenvalue weighted by Gasteiger charge is -2.37. The van der Waals surface area contributed by atoms with Gasteiger partial charge in [0.05, 0.1) is 11.3 Å². The molecule has 0 radical (unpaired) electrons. The van der Waals surface area contributed by atoms with Gasteiger partial charge in [-0.05, 0) is 49.6 Å². The van der Waals surface area contributed by atoms with E-state index in [2.05, 4.69) is 10.0 Å². The van der Waals surface area contributed by atoms with Gasteiger partial charge in [-0.25, -0.2) is 18.2 Å². The van der Waals surface area contributed by atoms with Crippen LogP contribution in [0.4, 0.5) is 13.2 Å². The fourth-order valence-corrected chi connectivity index (χ4v) is 4.74. The molecular formula is C24H26F3N3O. The van der Waals surface area contributed by atoms with E-state index in [1.807, 2.05) is 30.3 Å². The zero-order valence-electron chi connectivity index (χ0n) is 17.5. The number of likely N-dealkylation sites (tertiary alicyclic amines) is 1. The maximum absolute atomic E-state index is 14.5.